The Morgan fingerprint density at radius 3 is 1.68 bits per heavy atom. The Hall–Kier alpha value is -4.82. The maximum absolute atomic E-state index is 4.82. The molecule has 178 valence electrons. The van der Waals surface area contributed by atoms with Gasteiger partial charge in [-0.2, -0.15) is 0 Å². The standard InChI is InChI=1S/C36H24N2/c1-22-17-34-28-14-12-23(19-32(28)27-9-4-5-10-29(27)36(34)38-21-22)18-24-13-15-31-33(20-24)26-8-3-2-7-25(26)30-11-6-16-37-35(30)31/h2-17,19-21H,18H2,1H3. The van der Waals surface area contributed by atoms with Crippen LogP contribution in [0.2, 0.25) is 0 Å². The summed E-state index contributed by atoms with van der Waals surface area (Å²) < 4.78 is 0. The number of benzene rings is 6. The monoisotopic (exact) mass is 484 g/mol. The molecule has 0 amide bonds. The molecular formula is C36H24N2. The summed E-state index contributed by atoms with van der Waals surface area (Å²) in [5.74, 6) is 0. The van der Waals surface area contributed by atoms with Gasteiger partial charge in [0.15, 0.2) is 0 Å². The molecule has 8 rings (SSSR count). The summed E-state index contributed by atoms with van der Waals surface area (Å²) in [5.41, 5.74) is 5.95. The Labute approximate surface area is 220 Å². The quantitative estimate of drug-likeness (QED) is 0.228. The second-order valence-corrected chi connectivity index (χ2v) is 10.3. The molecular weight excluding hydrogens is 460 g/mol. The summed E-state index contributed by atoms with van der Waals surface area (Å²) in [7, 11) is 0. The number of nitrogens with zero attached hydrogens (tertiary/aromatic N) is 2. The van der Waals surface area contributed by atoms with Crippen molar-refractivity contribution in [1.29, 1.82) is 0 Å². The van der Waals surface area contributed by atoms with Gasteiger partial charge in [-0.1, -0.05) is 91.0 Å². The van der Waals surface area contributed by atoms with Gasteiger partial charge >= 0.3 is 0 Å². The average Bonchev–Trinajstić information content (AvgIpc) is 2.97. The van der Waals surface area contributed by atoms with Crippen molar-refractivity contribution < 1.29 is 0 Å². The summed E-state index contributed by atoms with van der Waals surface area (Å²) in [6.45, 7) is 2.12. The second kappa shape index (κ2) is 8.09. The van der Waals surface area contributed by atoms with Crippen molar-refractivity contribution in [3.8, 4) is 0 Å². The smallest absolute Gasteiger partial charge is 0.0786 e. The Morgan fingerprint density at radius 1 is 0.447 bits per heavy atom. The van der Waals surface area contributed by atoms with Gasteiger partial charge in [-0.05, 0) is 74.5 Å². The van der Waals surface area contributed by atoms with Gasteiger partial charge in [0.2, 0.25) is 0 Å². The van der Waals surface area contributed by atoms with Crippen LogP contribution in [0.5, 0.6) is 0 Å². The van der Waals surface area contributed by atoms with Gasteiger partial charge in [0.1, 0.15) is 0 Å². The fraction of sp³-hybridized carbons (Fsp3) is 0.0556. The molecule has 38 heavy (non-hydrogen) atoms. The highest BCUT2D eigenvalue weighted by molar-refractivity contribution is 6.25. The van der Waals surface area contributed by atoms with E-state index in [2.05, 4.69) is 104 Å². The first-order valence-corrected chi connectivity index (χ1v) is 13.1. The maximum atomic E-state index is 4.82. The first kappa shape index (κ1) is 21.3. The molecule has 0 atom stereocenters. The largest absolute Gasteiger partial charge is 0.256 e. The van der Waals surface area contributed by atoms with E-state index in [4.69, 9.17) is 9.97 Å². The number of fused-ring (bicyclic) bond motifs is 12. The van der Waals surface area contributed by atoms with E-state index in [0.717, 1.165) is 17.5 Å². The van der Waals surface area contributed by atoms with Crippen molar-refractivity contribution >= 4 is 64.9 Å². The zero-order chi connectivity index (χ0) is 25.2. The van der Waals surface area contributed by atoms with Gasteiger partial charge in [-0.25, -0.2) is 0 Å². The average molecular weight is 485 g/mol. The summed E-state index contributed by atoms with van der Waals surface area (Å²) in [4.78, 5) is 9.58. The molecule has 0 spiro atoms. The highest BCUT2D eigenvalue weighted by atomic mass is 14.7. The van der Waals surface area contributed by atoms with Gasteiger partial charge in [0.25, 0.3) is 0 Å². The summed E-state index contributed by atoms with van der Waals surface area (Å²) in [6, 6.07) is 37.6. The predicted octanol–water partition coefficient (Wildman–Crippen LogP) is 9.30. The minimum atomic E-state index is 0.874. The number of hydrogen-bond acceptors (Lipinski definition) is 2. The zero-order valence-corrected chi connectivity index (χ0v) is 21.1. The van der Waals surface area contributed by atoms with Crippen LogP contribution in [0.1, 0.15) is 16.7 Å². The van der Waals surface area contributed by atoms with Gasteiger partial charge in [0.05, 0.1) is 11.0 Å². The van der Waals surface area contributed by atoms with E-state index < -0.39 is 0 Å². The van der Waals surface area contributed by atoms with Crippen LogP contribution in [0, 0.1) is 6.92 Å². The number of hydrogen-bond donors (Lipinski definition) is 0. The van der Waals surface area contributed by atoms with Crippen LogP contribution in [0.25, 0.3) is 64.9 Å². The molecule has 0 bridgehead atoms. The summed E-state index contributed by atoms with van der Waals surface area (Å²) in [5, 5.41) is 12.5. The lowest BCUT2D eigenvalue weighted by Crippen LogP contribution is -1.92. The first-order chi connectivity index (χ1) is 18.7. The van der Waals surface area contributed by atoms with Crippen molar-refractivity contribution in [3.63, 3.8) is 0 Å². The van der Waals surface area contributed by atoms with Crippen molar-refractivity contribution in [3.05, 3.63) is 132 Å². The predicted molar refractivity (Wildman–Crippen MR) is 161 cm³/mol. The lowest BCUT2D eigenvalue weighted by molar-refractivity contribution is 1.21. The third-order valence-corrected chi connectivity index (χ3v) is 7.93. The van der Waals surface area contributed by atoms with Crippen molar-refractivity contribution in [1.82, 2.24) is 9.97 Å². The third kappa shape index (κ3) is 3.13. The Morgan fingerprint density at radius 2 is 0.947 bits per heavy atom. The Kier molecular flexibility index (Phi) is 4.53. The molecule has 0 aliphatic heterocycles. The molecule has 0 N–H and O–H groups in total. The molecule has 2 aromatic heterocycles. The van der Waals surface area contributed by atoms with Crippen molar-refractivity contribution in [2.45, 2.75) is 13.3 Å². The van der Waals surface area contributed by atoms with Crippen LogP contribution in [0.4, 0.5) is 0 Å². The lowest BCUT2D eigenvalue weighted by atomic mass is 9.92. The van der Waals surface area contributed by atoms with Crippen LogP contribution in [0.15, 0.2) is 116 Å². The van der Waals surface area contributed by atoms with Crippen LogP contribution in [-0.2, 0) is 6.42 Å². The first-order valence-electron chi connectivity index (χ1n) is 13.1. The third-order valence-electron chi connectivity index (χ3n) is 7.93. The highest BCUT2D eigenvalue weighted by Crippen LogP contribution is 2.37. The molecule has 0 fully saturated rings. The van der Waals surface area contributed by atoms with E-state index >= 15 is 0 Å². The second-order valence-electron chi connectivity index (χ2n) is 10.3. The van der Waals surface area contributed by atoms with Crippen LogP contribution in [-0.4, -0.2) is 9.97 Å². The SMILES string of the molecule is Cc1cnc2c3ccccc3c3cc(Cc4ccc5c(c4)c4ccccc4c4cccnc45)ccc3c2c1. The zero-order valence-electron chi connectivity index (χ0n) is 21.1. The van der Waals surface area contributed by atoms with E-state index in [1.54, 1.807) is 0 Å². The van der Waals surface area contributed by atoms with Gasteiger partial charge in [-0.15, -0.1) is 0 Å². The fourth-order valence-corrected chi connectivity index (χ4v) is 6.23. The van der Waals surface area contributed by atoms with Gasteiger partial charge in [-0.3, -0.25) is 9.97 Å². The van der Waals surface area contributed by atoms with Gasteiger partial charge in [0, 0.05) is 33.9 Å². The molecule has 0 aliphatic rings. The molecule has 0 saturated carbocycles. The van der Waals surface area contributed by atoms with E-state index in [1.165, 1.54) is 70.6 Å². The molecule has 0 aliphatic carbocycles. The minimum Gasteiger partial charge on any atom is -0.256 e. The van der Waals surface area contributed by atoms with E-state index in [1.807, 2.05) is 18.5 Å². The van der Waals surface area contributed by atoms with Gasteiger partial charge < -0.3 is 0 Å². The van der Waals surface area contributed by atoms with Crippen LogP contribution in [0.3, 0.4) is 0 Å². The van der Waals surface area contributed by atoms with Crippen molar-refractivity contribution in [2.75, 3.05) is 0 Å². The molecule has 8 aromatic rings. The molecule has 0 saturated heterocycles. The molecule has 6 aromatic carbocycles. The lowest BCUT2D eigenvalue weighted by Gasteiger charge is -2.13. The molecule has 2 nitrogen and oxygen atoms in total. The topological polar surface area (TPSA) is 25.8 Å². The molecule has 2 heteroatoms. The minimum absolute atomic E-state index is 0.874. The van der Waals surface area contributed by atoms with E-state index in [-0.39, 0.29) is 0 Å². The number of aromatic nitrogens is 2. The Bertz CT molecular complexity index is 2190. The van der Waals surface area contributed by atoms with E-state index in [9.17, 15) is 0 Å². The number of pyridine rings is 2. The normalized spacial score (nSPS) is 11.9. The van der Waals surface area contributed by atoms with Crippen molar-refractivity contribution in [2.24, 2.45) is 0 Å². The van der Waals surface area contributed by atoms with Crippen LogP contribution >= 0.6 is 0 Å². The Balaban J connectivity index is 1.33. The van der Waals surface area contributed by atoms with Crippen LogP contribution < -0.4 is 0 Å². The molecule has 0 radical (unpaired) electrons. The summed E-state index contributed by atoms with van der Waals surface area (Å²) in [6.07, 6.45) is 4.74. The number of aryl methyl sites for hydroxylation is 1. The fourth-order valence-electron chi connectivity index (χ4n) is 6.23. The molecule has 2 heterocycles. The maximum Gasteiger partial charge on any atom is 0.0786 e. The highest BCUT2D eigenvalue weighted by Gasteiger charge is 2.12. The van der Waals surface area contributed by atoms with E-state index in [0.29, 0.717) is 0 Å². The molecule has 0 unspecified atom stereocenters. The number of rotatable bonds is 2. The summed E-state index contributed by atoms with van der Waals surface area (Å²) >= 11 is 0.